The van der Waals surface area contributed by atoms with Crippen LogP contribution in [-0.4, -0.2) is 24.1 Å². The number of aryl methyl sites for hydroxylation is 2. The molecular weight excluding hydrogens is 212 g/mol. The van der Waals surface area contributed by atoms with Gasteiger partial charge < -0.3 is 16.4 Å². The summed E-state index contributed by atoms with van der Waals surface area (Å²) in [4.78, 5) is 15.9. The van der Waals surface area contributed by atoms with Crippen molar-refractivity contribution in [2.24, 2.45) is 5.73 Å². The van der Waals surface area contributed by atoms with Crippen LogP contribution < -0.4 is 16.4 Å². The highest BCUT2D eigenvalue weighted by atomic mass is 32.1. The number of thiazole rings is 1. The summed E-state index contributed by atoms with van der Waals surface area (Å²) < 4.78 is 0. The van der Waals surface area contributed by atoms with Gasteiger partial charge in [0.1, 0.15) is 0 Å². The van der Waals surface area contributed by atoms with Gasteiger partial charge in [-0.3, -0.25) is 0 Å². The van der Waals surface area contributed by atoms with Crippen LogP contribution in [0.15, 0.2) is 0 Å². The fraction of sp³-hybridized carbons (Fsp3) is 0.556. The minimum Gasteiger partial charge on any atom is -0.352 e. The van der Waals surface area contributed by atoms with Gasteiger partial charge in [0.15, 0.2) is 0 Å². The Labute approximate surface area is 93.1 Å². The van der Waals surface area contributed by atoms with E-state index < -0.39 is 6.03 Å². The third-order valence-corrected chi connectivity index (χ3v) is 2.96. The largest absolute Gasteiger partial charge is 0.352 e. The molecule has 0 atom stereocenters. The second-order valence-electron chi connectivity index (χ2n) is 3.21. The van der Waals surface area contributed by atoms with Crippen LogP contribution >= 0.6 is 11.3 Å². The van der Waals surface area contributed by atoms with Gasteiger partial charge in [0, 0.05) is 24.5 Å². The number of hydrogen-bond donors (Lipinski definition) is 3. The van der Waals surface area contributed by atoms with Crippen molar-refractivity contribution in [2.75, 3.05) is 13.1 Å². The molecule has 0 saturated carbocycles. The van der Waals surface area contributed by atoms with E-state index in [2.05, 4.69) is 15.6 Å². The summed E-state index contributed by atoms with van der Waals surface area (Å²) in [6.45, 7) is 6.04. The summed E-state index contributed by atoms with van der Waals surface area (Å²) in [6, 6.07) is -0.485. The van der Waals surface area contributed by atoms with E-state index in [1.54, 1.807) is 11.3 Å². The number of carbonyl (C=O) groups is 1. The average molecular weight is 228 g/mol. The quantitative estimate of drug-likeness (QED) is 0.643. The zero-order chi connectivity index (χ0) is 11.3. The van der Waals surface area contributed by atoms with Crippen molar-refractivity contribution in [1.29, 1.82) is 0 Å². The van der Waals surface area contributed by atoms with Crippen molar-refractivity contribution in [3.63, 3.8) is 0 Å². The first-order chi connectivity index (χ1) is 7.09. The molecule has 6 heteroatoms. The third-order valence-electron chi connectivity index (χ3n) is 1.89. The van der Waals surface area contributed by atoms with Gasteiger partial charge in [0.2, 0.25) is 0 Å². The molecule has 0 aliphatic rings. The summed E-state index contributed by atoms with van der Waals surface area (Å²) in [5.41, 5.74) is 6.00. The van der Waals surface area contributed by atoms with Crippen LogP contribution in [0.2, 0.25) is 0 Å². The summed E-state index contributed by atoms with van der Waals surface area (Å²) in [6.07, 6.45) is 0. The summed E-state index contributed by atoms with van der Waals surface area (Å²) in [5.74, 6) is 0. The number of amides is 2. The topological polar surface area (TPSA) is 80.0 Å². The van der Waals surface area contributed by atoms with Crippen LogP contribution in [-0.2, 0) is 6.54 Å². The van der Waals surface area contributed by atoms with Crippen molar-refractivity contribution in [3.05, 3.63) is 15.6 Å². The molecule has 1 rings (SSSR count). The molecule has 84 valence electrons. The number of aromatic nitrogens is 1. The van der Waals surface area contributed by atoms with Crippen LogP contribution in [0.25, 0.3) is 0 Å². The van der Waals surface area contributed by atoms with E-state index >= 15 is 0 Å². The molecule has 0 aliphatic carbocycles. The predicted molar refractivity (Wildman–Crippen MR) is 60.9 cm³/mol. The van der Waals surface area contributed by atoms with Crippen LogP contribution in [0, 0.1) is 13.8 Å². The van der Waals surface area contributed by atoms with E-state index in [4.69, 9.17) is 5.73 Å². The highest BCUT2D eigenvalue weighted by Crippen LogP contribution is 2.16. The van der Waals surface area contributed by atoms with Crippen LogP contribution in [0.4, 0.5) is 4.79 Å². The molecule has 0 unspecified atom stereocenters. The molecule has 0 aromatic carbocycles. The molecule has 0 spiro atoms. The van der Waals surface area contributed by atoms with Gasteiger partial charge in [-0.1, -0.05) is 0 Å². The smallest absolute Gasteiger partial charge is 0.312 e. The zero-order valence-electron chi connectivity index (χ0n) is 8.96. The number of rotatable bonds is 5. The minimum atomic E-state index is -0.485. The Hall–Kier alpha value is -1.14. The molecule has 4 N–H and O–H groups in total. The second-order valence-corrected chi connectivity index (χ2v) is 4.50. The molecule has 0 radical (unpaired) electrons. The molecule has 2 amide bonds. The van der Waals surface area contributed by atoms with Crippen molar-refractivity contribution in [3.8, 4) is 0 Å². The Kier molecular flexibility index (Phi) is 4.51. The summed E-state index contributed by atoms with van der Waals surface area (Å²) in [7, 11) is 0. The number of hydrogen-bond acceptors (Lipinski definition) is 4. The average Bonchev–Trinajstić information content (AvgIpc) is 2.44. The minimum absolute atomic E-state index is 0.485. The number of nitrogens with two attached hydrogens (primary N) is 1. The van der Waals surface area contributed by atoms with Gasteiger partial charge in [-0.05, 0) is 13.8 Å². The fourth-order valence-corrected chi connectivity index (χ4v) is 2.12. The summed E-state index contributed by atoms with van der Waals surface area (Å²) >= 11 is 1.69. The number of urea groups is 1. The Balaban J connectivity index is 2.20. The van der Waals surface area contributed by atoms with Gasteiger partial charge in [-0.15, -0.1) is 11.3 Å². The van der Waals surface area contributed by atoms with Crippen molar-refractivity contribution < 1.29 is 4.79 Å². The Morgan fingerprint density at radius 1 is 1.47 bits per heavy atom. The molecule has 5 nitrogen and oxygen atoms in total. The van der Waals surface area contributed by atoms with E-state index in [9.17, 15) is 4.79 Å². The molecule has 0 fully saturated rings. The maximum Gasteiger partial charge on any atom is 0.312 e. The lowest BCUT2D eigenvalue weighted by molar-refractivity contribution is 0.249. The fourth-order valence-electron chi connectivity index (χ4n) is 1.21. The van der Waals surface area contributed by atoms with E-state index in [1.165, 1.54) is 4.88 Å². The van der Waals surface area contributed by atoms with Crippen LogP contribution in [0.1, 0.15) is 15.6 Å². The molecule has 0 saturated heterocycles. The first-order valence-electron chi connectivity index (χ1n) is 4.76. The van der Waals surface area contributed by atoms with Gasteiger partial charge >= 0.3 is 6.03 Å². The van der Waals surface area contributed by atoms with Crippen molar-refractivity contribution in [2.45, 2.75) is 20.4 Å². The lowest BCUT2D eigenvalue weighted by Crippen LogP contribution is -2.35. The number of nitrogens with one attached hydrogen (secondary N) is 2. The molecule has 15 heavy (non-hydrogen) atoms. The lowest BCUT2D eigenvalue weighted by Gasteiger charge is -2.03. The van der Waals surface area contributed by atoms with E-state index in [0.717, 1.165) is 17.2 Å². The van der Waals surface area contributed by atoms with Gasteiger partial charge in [-0.2, -0.15) is 0 Å². The third kappa shape index (κ3) is 4.26. The van der Waals surface area contributed by atoms with Crippen molar-refractivity contribution >= 4 is 17.4 Å². The maximum absolute atomic E-state index is 10.4. The molecule has 0 aliphatic heterocycles. The number of primary amides is 1. The molecular formula is C9H16N4OS. The predicted octanol–water partition coefficient (Wildman–Crippen LogP) is 0.518. The standard InChI is InChI=1S/C9H16N4OS/c1-6-8(15-7(2)13-6)5-11-3-4-12-9(10)14/h11H,3-5H2,1-2H3,(H3,10,12,14). The number of carbonyl (C=O) groups excluding carboxylic acids is 1. The van der Waals surface area contributed by atoms with Crippen LogP contribution in [0.5, 0.6) is 0 Å². The Morgan fingerprint density at radius 3 is 2.73 bits per heavy atom. The lowest BCUT2D eigenvalue weighted by atomic mass is 10.4. The Morgan fingerprint density at radius 2 is 2.20 bits per heavy atom. The normalized spacial score (nSPS) is 10.3. The molecule has 1 aromatic heterocycles. The SMILES string of the molecule is Cc1nc(C)c(CNCCNC(N)=O)s1. The van der Waals surface area contributed by atoms with Gasteiger partial charge in [0.05, 0.1) is 10.7 Å². The van der Waals surface area contributed by atoms with E-state index in [-0.39, 0.29) is 0 Å². The molecule has 0 bridgehead atoms. The number of nitrogens with zero attached hydrogens (tertiary/aromatic N) is 1. The van der Waals surface area contributed by atoms with Crippen LogP contribution in [0.3, 0.4) is 0 Å². The first-order valence-corrected chi connectivity index (χ1v) is 5.58. The second kappa shape index (κ2) is 5.67. The highest BCUT2D eigenvalue weighted by Gasteiger charge is 2.03. The van der Waals surface area contributed by atoms with Gasteiger partial charge in [-0.25, -0.2) is 9.78 Å². The monoisotopic (exact) mass is 228 g/mol. The summed E-state index contributed by atoms with van der Waals surface area (Å²) in [5, 5.41) is 6.81. The molecule has 1 aromatic rings. The zero-order valence-corrected chi connectivity index (χ0v) is 9.78. The van der Waals surface area contributed by atoms with E-state index in [1.807, 2.05) is 13.8 Å². The van der Waals surface area contributed by atoms with Crippen molar-refractivity contribution in [1.82, 2.24) is 15.6 Å². The Bertz CT molecular complexity index is 337. The molecule has 1 heterocycles. The first kappa shape index (κ1) is 11.9. The van der Waals surface area contributed by atoms with E-state index in [0.29, 0.717) is 13.1 Å². The highest BCUT2D eigenvalue weighted by molar-refractivity contribution is 7.11. The van der Waals surface area contributed by atoms with Gasteiger partial charge in [0.25, 0.3) is 0 Å². The maximum atomic E-state index is 10.4.